The number of carbonyl (C=O) groups is 1. The maximum Gasteiger partial charge on any atom is 0.250 e. The van der Waals surface area contributed by atoms with Crippen LogP contribution in [0.1, 0.15) is 5.56 Å². The molecule has 4 aromatic rings. The molecular weight excluding hydrogens is 521 g/mol. The van der Waals surface area contributed by atoms with Crippen molar-refractivity contribution >= 4 is 47.1 Å². The molecule has 1 N–H and O–H groups in total. The molecule has 0 bridgehead atoms. The van der Waals surface area contributed by atoms with Gasteiger partial charge in [0.25, 0.3) is 5.91 Å². The quantitative estimate of drug-likeness (QED) is 0.171. The molecule has 0 aliphatic heterocycles. The molecule has 0 aliphatic carbocycles. The molecule has 8 nitrogen and oxygen atoms in total. The maximum atomic E-state index is 12.4. The Morgan fingerprint density at radius 1 is 1.00 bits per heavy atom. The van der Waals surface area contributed by atoms with Crippen molar-refractivity contribution in [2.45, 2.75) is 5.16 Å². The van der Waals surface area contributed by atoms with E-state index in [1.807, 2.05) is 53.1 Å². The number of hydrazone groups is 1. The van der Waals surface area contributed by atoms with E-state index in [-0.39, 0.29) is 11.7 Å². The first-order valence-corrected chi connectivity index (χ1v) is 12.4. The number of nitrogens with one attached hydrogen (secondary N) is 1. The smallest absolute Gasteiger partial charge is 0.250 e. The second kappa shape index (κ2) is 11.9. The van der Waals surface area contributed by atoms with Gasteiger partial charge in [-0.1, -0.05) is 41.0 Å². The van der Waals surface area contributed by atoms with Gasteiger partial charge in [-0.3, -0.25) is 9.36 Å². The number of hydrogen-bond acceptors (Lipinski definition) is 7. The van der Waals surface area contributed by atoms with Crippen molar-refractivity contribution in [1.82, 2.24) is 20.2 Å². The summed E-state index contributed by atoms with van der Waals surface area (Å²) < 4.78 is 12.4. The molecule has 0 unspecified atom stereocenters. The molecule has 0 aliphatic rings. The van der Waals surface area contributed by atoms with Crippen LogP contribution in [0.25, 0.3) is 17.1 Å². The molecule has 0 saturated carbocycles. The molecule has 0 saturated heterocycles. The Balaban J connectivity index is 1.52. The second-order valence-corrected chi connectivity index (χ2v) is 9.10. The molecule has 0 spiro atoms. The SMILES string of the molecule is COc1ccc(-c2nnc(SCC(=O)N/N=C\c3ccc(Cl)cc3Cl)n2-c2ccc(OC)cc2)cc1. The summed E-state index contributed by atoms with van der Waals surface area (Å²) in [7, 11) is 3.22. The Morgan fingerprint density at radius 3 is 2.31 bits per heavy atom. The number of nitrogens with zero attached hydrogens (tertiary/aromatic N) is 4. The highest BCUT2D eigenvalue weighted by Gasteiger charge is 2.17. The number of carbonyl (C=O) groups excluding carboxylic acids is 1. The van der Waals surface area contributed by atoms with Gasteiger partial charge in [0.15, 0.2) is 11.0 Å². The van der Waals surface area contributed by atoms with Crippen LogP contribution in [0.15, 0.2) is 77.0 Å². The van der Waals surface area contributed by atoms with Gasteiger partial charge in [-0.2, -0.15) is 5.10 Å². The lowest BCUT2D eigenvalue weighted by molar-refractivity contribution is -0.118. The summed E-state index contributed by atoms with van der Waals surface area (Å²) in [6, 6.07) is 20.0. The standard InChI is InChI=1S/C25H21Cl2N5O3S/c1-34-20-9-4-16(5-10-20)24-30-31-25(32(24)19-7-11-21(35-2)12-8-19)36-15-23(33)29-28-14-17-3-6-18(26)13-22(17)27/h3-14H,15H2,1-2H3,(H,29,33)/b28-14-. The minimum Gasteiger partial charge on any atom is -0.497 e. The average Bonchev–Trinajstić information content (AvgIpc) is 3.32. The van der Waals surface area contributed by atoms with E-state index in [0.717, 1.165) is 22.7 Å². The molecule has 1 amide bonds. The highest BCUT2D eigenvalue weighted by Crippen LogP contribution is 2.30. The molecular formula is C25H21Cl2N5O3S. The summed E-state index contributed by atoms with van der Waals surface area (Å²) >= 11 is 13.3. The highest BCUT2D eigenvalue weighted by atomic mass is 35.5. The van der Waals surface area contributed by atoms with Gasteiger partial charge < -0.3 is 9.47 Å². The Bertz CT molecular complexity index is 1380. The third kappa shape index (κ3) is 6.17. The van der Waals surface area contributed by atoms with E-state index in [2.05, 4.69) is 20.7 Å². The van der Waals surface area contributed by atoms with E-state index in [1.54, 1.807) is 32.4 Å². The molecule has 1 heterocycles. The van der Waals surface area contributed by atoms with Crippen molar-refractivity contribution in [3.8, 4) is 28.6 Å². The summed E-state index contributed by atoms with van der Waals surface area (Å²) in [5, 5.41) is 14.2. The predicted molar refractivity (Wildman–Crippen MR) is 143 cm³/mol. The zero-order valence-electron chi connectivity index (χ0n) is 19.3. The number of hydrogen-bond donors (Lipinski definition) is 1. The normalized spacial score (nSPS) is 11.0. The summed E-state index contributed by atoms with van der Waals surface area (Å²) in [4.78, 5) is 12.4. The van der Waals surface area contributed by atoms with Gasteiger partial charge in [-0.15, -0.1) is 10.2 Å². The number of rotatable bonds is 9. The molecule has 11 heteroatoms. The topological polar surface area (TPSA) is 90.6 Å². The summed E-state index contributed by atoms with van der Waals surface area (Å²) in [5.74, 6) is 1.85. The van der Waals surface area contributed by atoms with Gasteiger partial charge in [0.05, 0.1) is 31.2 Å². The Labute approximate surface area is 222 Å². The summed E-state index contributed by atoms with van der Waals surface area (Å²) in [6.07, 6.45) is 1.46. The minimum absolute atomic E-state index is 0.0720. The van der Waals surface area contributed by atoms with Crippen LogP contribution in [0.4, 0.5) is 0 Å². The lowest BCUT2D eigenvalue weighted by Crippen LogP contribution is -2.20. The van der Waals surface area contributed by atoms with E-state index < -0.39 is 0 Å². The van der Waals surface area contributed by atoms with Gasteiger partial charge in [-0.25, -0.2) is 5.43 Å². The van der Waals surface area contributed by atoms with E-state index in [1.165, 1.54) is 18.0 Å². The number of ether oxygens (including phenoxy) is 2. The van der Waals surface area contributed by atoms with Crippen molar-refractivity contribution < 1.29 is 14.3 Å². The van der Waals surface area contributed by atoms with Crippen LogP contribution in [0.5, 0.6) is 11.5 Å². The van der Waals surface area contributed by atoms with Crippen LogP contribution in [0, 0.1) is 0 Å². The van der Waals surface area contributed by atoms with E-state index >= 15 is 0 Å². The van der Waals surface area contributed by atoms with Gasteiger partial charge in [0.2, 0.25) is 0 Å². The molecule has 0 atom stereocenters. The molecule has 4 rings (SSSR count). The molecule has 0 radical (unpaired) electrons. The average molecular weight is 542 g/mol. The minimum atomic E-state index is -0.309. The van der Waals surface area contributed by atoms with Gasteiger partial charge >= 0.3 is 0 Å². The molecule has 36 heavy (non-hydrogen) atoms. The van der Waals surface area contributed by atoms with Crippen LogP contribution < -0.4 is 14.9 Å². The number of methoxy groups -OCH3 is 2. The Hall–Kier alpha value is -3.53. The van der Waals surface area contributed by atoms with Crippen molar-refractivity contribution in [1.29, 1.82) is 0 Å². The number of aromatic nitrogens is 3. The van der Waals surface area contributed by atoms with E-state index in [4.69, 9.17) is 32.7 Å². The first kappa shape index (κ1) is 25.6. The predicted octanol–water partition coefficient (Wildman–Crippen LogP) is 5.50. The number of thioether (sulfide) groups is 1. The Kier molecular flexibility index (Phi) is 8.48. The molecule has 0 fully saturated rings. The number of amides is 1. The first-order chi connectivity index (χ1) is 17.5. The van der Waals surface area contributed by atoms with Crippen LogP contribution in [-0.2, 0) is 4.79 Å². The maximum absolute atomic E-state index is 12.4. The second-order valence-electron chi connectivity index (χ2n) is 7.32. The lowest BCUT2D eigenvalue weighted by Gasteiger charge is -2.11. The van der Waals surface area contributed by atoms with E-state index in [9.17, 15) is 4.79 Å². The van der Waals surface area contributed by atoms with Gasteiger partial charge in [-0.05, 0) is 60.7 Å². The van der Waals surface area contributed by atoms with E-state index in [0.29, 0.717) is 26.6 Å². The monoisotopic (exact) mass is 541 g/mol. The summed E-state index contributed by atoms with van der Waals surface area (Å²) in [5.41, 5.74) is 4.81. The van der Waals surface area contributed by atoms with Crippen LogP contribution in [0.2, 0.25) is 10.0 Å². The van der Waals surface area contributed by atoms with Crippen molar-refractivity contribution in [3.05, 3.63) is 82.3 Å². The third-order valence-corrected chi connectivity index (χ3v) is 6.49. The highest BCUT2D eigenvalue weighted by molar-refractivity contribution is 7.99. The fraction of sp³-hybridized carbons (Fsp3) is 0.120. The van der Waals surface area contributed by atoms with Crippen molar-refractivity contribution in [2.75, 3.05) is 20.0 Å². The van der Waals surface area contributed by atoms with Crippen molar-refractivity contribution in [3.63, 3.8) is 0 Å². The van der Waals surface area contributed by atoms with Gasteiger partial charge in [0, 0.05) is 21.8 Å². The number of benzene rings is 3. The van der Waals surface area contributed by atoms with Crippen LogP contribution in [0.3, 0.4) is 0 Å². The third-order valence-electron chi connectivity index (χ3n) is 5.00. The zero-order valence-corrected chi connectivity index (χ0v) is 21.6. The van der Waals surface area contributed by atoms with Crippen LogP contribution >= 0.6 is 35.0 Å². The Morgan fingerprint density at radius 2 is 1.67 bits per heavy atom. The largest absolute Gasteiger partial charge is 0.497 e. The van der Waals surface area contributed by atoms with Crippen molar-refractivity contribution in [2.24, 2.45) is 5.10 Å². The first-order valence-electron chi connectivity index (χ1n) is 10.6. The lowest BCUT2D eigenvalue weighted by atomic mass is 10.2. The molecule has 1 aromatic heterocycles. The molecule has 184 valence electrons. The fourth-order valence-corrected chi connectivity index (χ4v) is 4.40. The fourth-order valence-electron chi connectivity index (χ4n) is 3.20. The van der Waals surface area contributed by atoms with Gasteiger partial charge in [0.1, 0.15) is 11.5 Å². The molecule has 3 aromatic carbocycles. The summed E-state index contributed by atoms with van der Waals surface area (Å²) in [6.45, 7) is 0. The van der Waals surface area contributed by atoms with Crippen LogP contribution in [-0.4, -0.2) is 46.9 Å². The number of halogens is 2. The zero-order chi connectivity index (χ0) is 25.5.